The molecule has 4 rings (SSSR count). The summed E-state index contributed by atoms with van der Waals surface area (Å²) in [6.45, 7) is 4.73. The maximum Gasteiger partial charge on any atom is 0.270 e. The zero-order valence-electron chi connectivity index (χ0n) is 18.7. The summed E-state index contributed by atoms with van der Waals surface area (Å²) in [5.74, 6) is -0.844. The molecule has 2 aliphatic heterocycles. The van der Waals surface area contributed by atoms with Crippen LogP contribution in [0.15, 0.2) is 24.3 Å². The molecular formula is C24H28FN3O5. The van der Waals surface area contributed by atoms with Crippen LogP contribution >= 0.6 is 0 Å². The summed E-state index contributed by atoms with van der Waals surface area (Å²) in [7, 11) is 0. The van der Waals surface area contributed by atoms with Crippen molar-refractivity contribution in [2.24, 2.45) is 0 Å². The van der Waals surface area contributed by atoms with E-state index in [1.54, 1.807) is 12.1 Å². The van der Waals surface area contributed by atoms with Gasteiger partial charge in [0.2, 0.25) is 0 Å². The monoisotopic (exact) mass is 457 g/mol. The average Bonchev–Trinajstić information content (AvgIpc) is 3.24. The first kappa shape index (κ1) is 23.1. The number of carbonyl (C=O) groups excluding carboxylic acids is 2. The molecule has 0 bridgehead atoms. The van der Waals surface area contributed by atoms with Crippen LogP contribution in [0.25, 0.3) is 0 Å². The summed E-state index contributed by atoms with van der Waals surface area (Å²) in [6, 6.07) is 5.63. The summed E-state index contributed by atoms with van der Waals surface area (Å²) in [5.41, 5.74) is 2.25. The standard InChI is InChI=1S/C24H28FN3O5/c1-13(2)26-23(30)16-4-3-14(10-17(16)25)9-15-11-20(27-19-6-8-33-22(15)19)24(31)28-18-5-7-32-12-21(18)29/h3-4,10-11,13,18,21,29H,5-9,12H2,1-2H3,(H,26,30)(H,28,31)/t18-,21-/m0/s1. The van der Waals surface area contributed by atoms with Crippen molar-refractivity contribution in [2.45, 2.75) is 51.3 Å². The maximum atomic E-state index is 14.6. The van der Waals surface area contributed by atoms with Gasteiger partial charge >= 0.3 is 0 Å². The molecule has 1 aromatic carbocycles. The van der Waals surface area contributed by atoms with E-state index in [9.17, 15) is 19.1 Å². The molecule has 0 aliphatic carbocycles. The number of halogens is 1. The number of hydrogen-bond acceptors (Lipinski definition) is 6. The SMILES string of the molecule is CC(C)NC(=O)c1ccc(Cc2cc(C(=O)N[C@H]3CCOC[C@@H]3O)nc3c2OCC3)cc1F. The molecule has 2 aliphatic rings. The highest BCUT2D eigenvalue weighted by Gasteiger charge is 2.28. The third-order valence-corrected chi connectivity index (χ3v) is 5.67. The molecule has 1 fully saturated rings. The zero-order valence-corrected chi connectivity index (χ0v) is 18.7. The van der Waals surface area contributed by atoms with Crippen LogP contribution in [-0.4, -0.2) is 59.9 Å². The quantitative estimate of drug-likeness (QED) is 0.610. The second-order valence-corrected chi connectivity index (χ2v) is 8.67. The van der Waals surface area contributed by atoms with E-state index >= 15 is 0 Å². The fourth-order valence-corrected chi connectivity index (χ4v) is 4.03. The van der Waals surface area contributed by atoms with Gasteiger partial charge in [-0.05, 0) is 44.0 Å². The van der Waals surface area contributed by atoms with Gasteiger partial charge in [0.15, 0.2) is 0 Å². The number of aliphatic hydroxyl groups excluding tert-OH is 1. The molecule has 9 heteroatoms. The largest absolute Gasteiger partial charge is 0.491 e. The first-order chi connectivity index (χ1) is 15.8. The summed E-state index contributed by atoms with van der Waals surface area (Å²) in [5, 5.41) is 15.6. The van der Waals surface area contributed by atoms with Crippen molar-refractivity contribution in [3.05, 3.63) is 58.2 Å². The van der Waals surface area contributed by atoms with Gasteiger partial charge in [-0.15, -0.1) is 0 Å². The first-order valence-corrected chi connectivity index (χ1v) is 11.1. The molecule has 3 heterocycles. The molecule has 0 radical (unpaired) electrons. The van der Waals surface area contributed by atoms with E-state index in [4.69, 9.17) is 9.47 Å². The van der Waals surface area contributed by atoms with E-state index in [0.29, 0.717) is 55.0 Å². The topological polar surface area (TPSA) is 110 Å². The van der Waals surface area contributed by atoms with E-state index < -0.39 is 23.9 Å². The van der Waals surface area contributed by atoms with Crippen molar-refractivity contribution in [3.8, 4) is 5.75 Å². The number of pyridine rings is 1. The second-order valence-electron chi connectivity index (χ2n) is 8.67. The fraction of sp³-hybridized carbons (Fsp3) is 0.458. The number of fused-ring (bicyclic) bond motifs is 1. The van der Waals surface area contributed by atoms with Crippen molar-refractivity contribution in [2.75, 3.05) is 19.8 Å². The number of benzene rings is 1. The minimum absolute atomic E-state index is 0.0151. The zero-order chi connectivity index (χ0) is 23.5. The van der Waals surface area contributed by atoms with E-state index in [1.165, 1.54) is 12.1 Å². The number of aliphatic hydroxyl groups is 1. The van der Waals surface area contributed by atoms with E-state index in [2.05, 4.69) is 15.6 Å². The van der Waals surface area contributed by atoms with Crippen molar-refractivity contribution in [1.29, 1.82) is 0 Å². The molecule has 2 aromatic rings. The number of nitrogens with zero attached hydrogens (tertiary/aromatic N) is 1. The minimum Gasteiger partial charge on any atom is -0.491 e. The summed E-state index contributed by atoms with van der Waals surface area (Å²) >= 11 is 0. The van der Waals surface area contributed by atoms with Crippen LogP contribution in [-0.2, 0) is 17.6 Å². The highest BCUT2D eigenvalue weighted by Crippen LogP contribution is 2.31. The number of ether oxygens (including phenoxy) is 2. The maximum absolute atomic E-state index is 14.6. The molecule has 8 nitrogen and oxygen atoms in total. The van der Waals surface area contributed by atoms with Gasteiger partial charge in [-0.3, -0.25) is 9.59 Å². The third-order valence-electron chi connectivity index (χ3n) is 5.67. The molecule has 1 saturated heterocycles. The van der Waals surface area contributed by atoms with E-state index in [1.807, 2.05) is 13.8 Å². The first-order valence-electron chi connectivity index (χ1n) is 11.1. The minimum atomic E-state index is -0.769. The van der Waals surface area contributed by atoms with Gasteiger partial charge in [-0.25, -0.2) is 9.37 Å². The Labute approximate surface area is 191 Å². The molecular weight excluding hydrogens is 429 g/mol. The predicted octanol–water partition coefficient (Wildman–Crippen LogP) is 1.76. The van der Waals surface area contributed by atoms with Crippen molar-refractivity contribution in [3.63, 3.8) is 0 Å². The van der Waals surface area contributed by atoms with Gasteiger partial charge in [-0.1, -0.05) is 6.07 Å². The molecule has 2 amide bonds. The lowest BCUT2D eigenvalue weighted by Gasteiger charge is -2.28. The number of nitrogens with one attached hydrogen (secondary N) is 2. The normalized spacial score (nSPS) is 19.7. The fourth-order valence-electron chi connectivity index (χ4n) is 4.03. The molecule has 176 valence electrons. The lowest BCUT2D eigenvalue weighted by Crippen LogP contribution is -2.48. The van der Waals surface area contributed by atoms with Crippen molar-refractivity contribution < 1.29 is 28.6 Å². The van der Waals surface area contributed by atoms with Crippen molar-refractivity contribution >= 4 is 11.8 Å². The molecule has 0 saturated carbocycles. The Morgan fingerprint density at radius 3 is 2.79 bits per heavy atom. The Morgan fingerprint density at radius 1 is 1.24 bits per heavy atom. The lowest BCUT2D eigenvalue weighted by atomic mass is 10.0. The molecule has 3 N–H and O–H groups in total. The average molecular weight is 458 g/mol. The number of aromatic nitrogens is 1. The van der Waals surface area contributed by atoms with Crippen LogP contribution in [0.4, 0.5) is 4.39 Å². The summed E-state index contributed by atoms with van der Waals surface area (Å²) in [4.78, 5) is 29.5. The van der Waals surface area contributed by atoms with Gasteiger partial charge in [0.25, 0.3) is 11.8 Å². The Hall–Kier alpha value is -3.04. The molecule has 2 atom stereocenters. The van der Waals surface area contributed by atoms with Gasteiger partial charge in [-0.2, -0.15) is 0 Å². The second kappa shape index (κ2) is 9.84. The van der Waals surface area contributed by atoms with Crippen LogP contribution in [0.3, 0.4) is 0 Å². The van der Waals surface area contributed by atoms with E-state index in [-0.39, 0.29) is 29.8 Å². The van der Waals surface area contributed by atoms with Crippen LogP contribution in [0, 0.1) is 5.82 Å². The summed E-state index contributed by atoms with van der Waals surface area (Å²) < 4.78 is 25.6. The number of rotatable bonds is 6. The van der Waals surface area contributed by atoms with E-state index in [0.717, 1.165) is 0 Å². The van der Waals surface area contributed by atoms with Crippen LogP contribution in [0.1, 0.15) is 57.9 Å². The van der Waals surface area contributed by atoms with Gasteiger partial charge in [0.1, 0.15) is 17.3 Å². The number of hydrogen-bond donors (Lipinski definition) is 3. The van der Waals surface area contributed by atoms with Crippen LogP contribution in [0.5, 0.6) is 5.75 Å². The third kappa shape index (κ3) is 5.31. The smallest absolute Gasteiger partial charge is 0.270 e. The number of amides is 2. The highest BCUT2D eigenvalue weighted by atomic mass is 19.1. The van der Waals surface area contributed by atoms with Gasteiger partial charge < -0.3 is 25.2 Å². The van der Waals surface area contributed by atoms with Crippen LogP contribution in [0.2, 0.25) is 0 Å². The number of carbonyl (C=O) groups is 2. The Bertz CT molecular complexity index is 1060. The summed E-state index contributed by atoms with van der Waals surface area (Å²) in [6.07, 6.45) is 0.637. The highest BCUT2D eigenvalue weighted by molar-refractivity contribution is 5.94. The predicted molar refractivity (Wildman–Crippen MR) is 118 cm³/mol. The van der Waals surface area contributed by atoms with Gasteiger partial charge in [0, 0.05) is 31.1 Å². The Morgan fingerprint density at radius 2 is 2.06 bits per heavy atom. The Balaban J connectivity index is 1.55. The van der Waals surface area contributed by atoms with Gasteiger partial charge in [0.05, 0.1) is 36.6 Å². The molecule has 33 heavy (non-hydrogen) atoms. The Kier molecular flexibility index (Phi) is 6.90. The van der Waals surface area contributed by atoms with Crippen molar-refractivity contribution in [1.82, 2.24) is 15.6 Å². The molecule has 0 spiro atoms. The lowest BCUT2D eigenvalue weighted by molar-refractivity contribution is -0.0261. The molecule has 1 aromatic heterocycles. The van der Waals surface area contributed by atoms with Crippen LogP contribution < -0.4 is 15.4 Å². The molecule has 0 unspecified atom stereocenters.